The van der Waals surface area contributed by atoms with Crippen molar-refractivity contribution in [2.24, 2.45) is 5.92 Å². The van der Waals surface area contributed by atoms with Crippen molar-refractivity contribution >= 4 is 17.5 Å². The van der Waals surface area contributed by atoms with Crippen molar-refractivity contribution in [3.05, 3.63) is 71.0 Å². The number of carbonyl (C=O) groups is 1. The lowest BCUT2D eigenvalue weighted by Gasteiger charge is -2.23. The SMILES string of the molecule is COc1cc(OCCN2CCCC2)ccc1Nc1ncc(C(F)(F)F)c(C[C@@H]2Cc3ccccc3[C@H]2NC(C)=O)n1. The molecule has 0 radical (unpaired) electrons. The highest BCUT2D eigenvalue weighted by Gasteiger charge is 2.39. The van der Waals surface area contributed by atoms with Crippen molar-refractivity contribution in [3.8, 4) is 11.5 Å². The number of benzene rings is 2. The smallest absolute Gasteiger partial charge is 0.419 e. The van der Waals surface area contributed by atoms with Gasteiger partial charge < -0.3 is 20.1 Å². The highest BCUT2D eigenvalue weighted by atomic mass is 19.4. The number of aromatic nitrogens is 2. The molecule has 2 aromatic carbocycles. The Labute approximate surface area is 237 Å². The van der Waals surface area contributed by atoms with Crippen molar-refractivity contribution in [1.29, 1.82) is 0 Å². The molecule has 0 saturated carbocycles. The van der Waals surface area contributed by atoms with E-state index >= 15 is 0 Å². The Hall–Kier alpha value is -3.86. The van der Waals surface area contributed by atoms with Crippen molar-refractivity contribution in [2.75, 3.05) is 38.7 Å². The quantitative estimate of drug-likeness (QED) is 0.342. The van der Waals surface area contributed by atoms with Gasteiger partial charge in [-0.25, -0.2) is 9.97 Å². The molecule has 2 N–H and O–H groups in total. The lowest BCUT2D eigenvalue weighted by Crippen LogP contribution is -2.31. The third-order valence-corrected chi connectivity index (χ3v) is 7.63. The zero-order valence-corrected chi connectivity index (χ0v) is 23.1. The molecular weight excluding hydrogens is 535 g/mol. The van der Waals surface area contributed by atoms with Gasteiger partial charge in [0.25, 0.3) is 0 Å². The molecule has 2 heterocycles. The Balaban J connectivity index is 1.35. The van der Waals surface area contributed by atoms with E-state index < -0.39 is 17.8 Å². The van der Waals surface area contributed by atoms with E-state index in [-0.39, 0.29) is 29.9 Å². The summed E-state index contributed by atoms with van der Waals surface area (Å²) in [6, 6.07) is 12.4. The van der Waals surface area contributed by atoms with Crippen molar-refractivity contribution in [1.82, 2.24) is 20.2 Å². The molecule has 1 amide bonds. The Bertz CT molecular complexity index is 1380. The number of likely N-dealkylation sites (tertiary alicyclic amines) is 1. The molecule has 11 heteroatoms. The van der Waals surface area contributed by atoms with Crippen LogP contribution in [0, 0.1) is 5.92 Å². The first-order valence-corrected chi connectivity index (χ1v) is 13.8. The molecule has 1 fully saturated rings. The number of hydrogen-bond donors (Lipinski definition) is 2. The number of amides is 1. The topological polar surface area (TPSA) is 88.6 Å². The first-order valence-electron chi connectivity index (χ1n) is 13.8. The summed E-state index contributed by atoms with van der Waals surface area (Å²) in [6.45, 7) is 4.98. The standard InChI is InChI=1S/C30H34F3N5O3/c1-19(39)35-28-21(15-20-7-3-4-8-23(20)28)16-26-24(30(31,32)33)18-34-29(37-26)36-25-10-9-22(17-27(25)40-2)41-14-13-38-11-5-6-12-38/h3-4,7-10,17-18,21,28H,5-6,11-16H2,1-2H3,(H,35,39)(H,34,36,37)/t21-,28-/m0/s1. The number of nitrogens with zero attached hydrogens (tertiary/aromatic N) is 3. The number of fused-ring (bicyclic) bond motifs is 1. The lowest BCUT2D eigenvalue weighted by atomic mass is 9.93. The van der Waals surface area contributed by atoms with Crippen LogP contribution in [0.4, 0.5) is 24.8 Å². The van der Waals surface area contributed by atoms with Crippen LogP contribution in [-0.2, 0) is 23.8 Å². The highest BCUT2D eigenvalue weighted by Crippen LogP contribution is 2.40. The van der Waals surface area contributed by atoms with E-state index in [1.165, 1.54) is 26.9 Å². The molecule has 2 atom stereocenters. The molecule has 218 valence electrons. The fraction of sp³-hybridized carbons (Fsp3) is 0.433. The fourth-order valence-corrected chi connectivity index (χ4v) is 5.68. The molecular formula is C30H34F3N5O3. The minimum absolute atomic E-state index is 0.00655. The maximum absolute atomic E-state index is 14.0. The van der Waals surface area contributed by atoms with E-state index in [1.54, 1.807) is 18.2 Å². The van der Waals surface area contributed by atoms with E-state index in [0.29, 0.717) is 30.2 Å². The highest BCUT2D eigenvalue weighted by molar-refractivity contribution is 5.73. The van der Waals surface area contributed by atoms with Gasteiger partial charge in [0.2, 0.25) is 11.9 Å². The second-order valence-electron chi connectivity index (χ2n) is 10.5. The van der Waals surface area contributed by atoms with E-state index in [0.717, 1.165) is 37.0 Å². The van der Waals surface area contributed by atoms with Crippen LogP contribution in [0.15, 0.2) is 48.7 Å². The minimum atomic E-state index is -4.63. The van der Waals surface area contributed by atoms with Crippen molar-refractivity contribution in [3.63, 3.8) is 0 Å². The Morgan fingerprint density at radius 2 is 1.93 bits per heavy atom. The van der Waals surface area contributed by atoms with Gasteiger partial charge in [-0.2, -0.15) is 13.2 Å². The van der Waals surface area contributed by atoms with E-state index in [2.05, 4.69) is 25.5 Å². The minimum Gasteiger partial charge on any atom is -0.494 e. The number of nitrogens with one attached hydrogen (secondary N) is 2. The van der Waals surface area contributed by atoms with Gasteiger partial charge in [-0.05, 0) is 68.0 Å². The molecule has 41 heavy (non-hydrogen) atoms. The third-order valence-electron chi connectivity index (χ3n) is 7.63. The summed E-state index contributed by atoms with van der Waals surface area (Å²) >= 11 is 0. The number of halogens is 3. The summed E-state index contributed by atoms with van der Waals surface area (Å²) in [6.07, 6.45) is -0.861. The number of hydrogen-bond acceptors (Lipinski definition) is 7. The van der Waals surface area contributed by atoms with E-state index in [1.807, 2.05) is 24.3 Å². The van der Waals surface area contributed by atoms with Crippen LogP contribution < -0.4 is 20.1 Å². The Kier molecular flexibility index (Phi) is 8.63. The summed E-state index contributed by atoms with van der Waals surface area (Å²) in [5.41, 5.74) is 1.39. The van der Waals surface area contributed by atoms with Crippen molar-refractivity contribution in [2.45, 2.75) is 44.8 Å². The van der Waals surface area contributed by atoms with Crippen LogP contribution in [-0.4, -0.2) is 54.1 Å². The number of alkyl halides is 3. The lowest BCUT2D eigenvalue weighted by molar-refractivity contribution is -0.138. The third kappa shape index (κ3) is 6.90. The first-order chi connectivity index (χ1) is 19.7. The number of ether oxygens (including phenoxy) is 2. The van der Waals surface area contributed by atoms with E-state index in [4.69, 9.17) is 9.47 Å². The predicted octanol–water partition coefficient (Wildman–Crippen LogP) is 5.31. The van der Waals surface area contributed by atoms with Crippen LogP contribution in [0.2, 0.25) is 0 Å². The molecule has 1 aromatic heterocycles. The Morgan fingerprint density at radius 3 is 2.66 bits per heavy atom. The van der Waals surface area contributed by atoms with Crippen LogP contribution in [0.3, 0.4) is 0 Å². The normalized spacial score (nSPS) is 18.7. The maximum atomic E-state index is 14.0. The average Bonchev–Trinajstić information content (AvgIpc) is 3.57. The molecule has 8 nitrogen and oxygen atoms in total. The summed E-state index contributed by atoms with van der Waals surface area (Å²) in [7, 11) is 1.51. The molecule has 1 aliphatic heterocycles. The number of carbonyl (C=O) groups excluding carboxylic acids is 1. The van der Waals surface area contributed by atoms with Crippen LogP contribution in [0.25, 0.3) is 0 Å². The van der Waals surface area contributed by atoms with E-state index in [9.17, 15) is 18.0 Å². The van der Waals surface area contributed by atoms with Crippen LogP contribution in [0.5, 0.6) is 11.5 Å². The summed E-state index contributed by atoms with van der Waals surface area (Å²) in [5, 5.41) is 5.93. The summed E-state index contributed by atoms with van der Waals surface area (Å²) in [5.74, 6) is 0.553. The summed E-state index contributed by atoms with van der Waals surface area (Å²) < 4.78 is 53.4. The predicted molar refractivity (Wildman–Crippen MR) is 148 cm³/mol. The molecule has 3 aromatic rings. The fourth-order valence-electron chi connectivity index (χ4n) is 5.68. The summed E-state index contributed by atoms with van der Waals surface area (Å²) in [4.78, 5) is 22.6. The van der Waals surface area contributed by atoms with Gasteiger partial charge in [0.1, 0.15) is 18.1 Å². The van der Waals surface area contributed by atoms with Gasteiger partial charge >= 0.3 is 6.18 Å². The molecule has 2 aliphatic rings. The molecule has 0 unspecified atom stereocenters. The number of anilines is 2. The van der Waals surface area contributed by atoms with Gasteiger partial charge in [-0.15, -0.1) is 0 Å². The van der Waals surface area contributed by atoms with Gasteiger partial charge in [-0.1, -0.05) is 24.3 Å². The molecule has 1 aliphatic carbocycles. The van der Waals surface area contributed by atoms with Gasteiger partial charge in [0.05, 0.1) is 30.1 Å². The van der Waals surface area contributed by atoms with Gasteiger partial charge in [0, 0.05) is 25.7 Å². The monoisotopic (exact) mass is 569 g/mol. The Morgan fingerprint density at radius 1 is 1.15 bits per heavy atom. The van der Waals surface area contributed by atoms with Gasteiger partial charge in [-0.3, -0.25) is 9.69 Å². The zero-order chi connectivity index (χ0) is 29.0. The van der Waals surface area contributed by atoms with Gasteiger partial charge in [0.15, 0.2) is 0 Å². The zero-order valence-electron chi connectivity index (χ0n) is 23.1. The van der Waals surface area contributed by atoms with Crippen molar-refractivity contribution < 1.29 is 27.4 Å². The number of rotatable bonds is 10. The second kappa shape index (κ2) is 12.3. The first kappa shape index (κ1) is 28.7. The largest absolute Gasteiger partial charge is 0.494 e. The second-order valence-corrected chi connectivity index (χ2v) is 10.5. The average molecular weight is 570 g/mol. The molecule has 0 bridgehead atoms. The van der Waals surface area contributed by atoms with Crippen LogP contribution >= 0.6 is 0 Å². The number of methoxy groups -OCH3 is 1. The maximum Gasteiger partial charge on any atom is 0.419 e. The molecule has 0 spiro atoms. The van der Waals surface area contributed by atoms with Crippen LogP contribution in [0.1, 0.15) is 48.2 Å². The molecule has 5 rings (SSSR count). The molecule has 1 saturated heterocycles.